The van der Waals surface area contributed by atoms with Crippen LogP contribution in [0.3, 0.4) is 0 Å². The molecule has 0 aliphatic rings. The largest absolute Gasteiger partial charge is 0.411 e. The predicted molar refractivity (Wildman–Crippen MR) is 79.9 cm³/mol. The maximum absolute atomic E-state index is 13.9. The van der Waals surface area contributed by atoms with Crippen molar-refractivity contribution in [3.63, 3.8) is 0 Å². The minimum absolute atomic E-state index is 0.341. The second-order valence-electron chi connectivity index (χ2n) is 5.67. The second-order valence-corrected chi connectivity index (χ2v) is 5.67. The molecule has 2 rings (SSSR count). The van der Waals surface area contributed by atoms with E-state index in [9.17, 15) is 26.3 Å². The van der Waals surface area contributed by atoms with Crippen LogP contribution in [-0.2, 0) is 11.8 Å². The Labute approximate surface area is 136 Å². The summed E-state index contributed by atoms with van der Waals surface area (Å²) in [5, 5.41) is 0. The molecule has 0 saturated carbocycles. The molecule has 0 aliphatic heterocycles. The van der Waals surface area contributed by atoms with E-state index in [4.69, 9.17) is 0 Å². The summed E-state index contributed by atoms with van der Waals surface area (Å²) in [4.78, 5) is 0. The van der Waals surface area contributed by atoms with Crippen molar-refractivity contribution in [3.05, 3.63) is 70.8 Å². The van der Waals surface area contributed by atoms with E-state index in [-0.39, 0.29) is 0 Å². The van der Waals surface area contributed by atoms with Gasteiger partial charge in [-0.1, -0.05) is 61.0 Å². The molecule has 2 aromatic rings. The molecule has 0 saturated heterocycles. The maximum atomic E-state index is 13.9. The highest BCUT2D eigenvalue weighted by Gasteiger charge is 2.72. The lowest BCUT2D eigenvalue weighted by Crippen LogP contribution is -2.54. The lowest BCUT2D eigenvalue weighted by Gasteiger charge is -2.38. The molecule has 24 heavy (non-hydrogen) atoms. The maximum Gasteiger partial charge on any atom is 0.411 e. The van der Waals surface area contributed by atoms with Gasteiger partial charge in [-0.05, 0) is 30.0 Å². The summed E-state index contributed by atoms with van der Waals surface area (Å²) in [6.07, 6.45) is -10.7. The normalized spacial score (nSPS) is 13.2. The van der Waals surface area contributed by atoms with E-state index in [2.05, 4.69) is 0 Å². The first-order valence-corrected chi connectivity index (χ1v) is 7.34. The van der Waals surface area contributed by atoms with Gasteiger partial charge in [0, 0.05) is 0 Å². The summed E-state index contributed by atoms with van der Waals surface area (Å²) in [7, 11) is 0. The number of aryl methyl sites for hydroxylation is 2. The van der Waals surface area contributed by atoms with E-state index in [1.807, 2.05) is 0 Å². The van der Waals surface area contributed by atoms with Crippen molar-refractivity contribution >= 4 is 0 Å². The zero-order valence-electron chi connectivity index (χ0n) is 13.1. The Morgan fingerprint density at radius 1 is 0.750 bits per heavy atom. The van der Waals surface area contributed by atoms with Crippen molar-refractivity contribution in [3.8, 4) is 0 Å². The van der Waals surface area contributed by atoms with Gasteiger partial charge in [0.15, 0.2) is 0 Å². The van der Waals surface area contributed by atoms with E-state index in [1.165, 1.54) is 24.3 Å². The Hall–Kier alpha value is -1.98. The molecule has 130 valence electrons. The average molecular weight is 346 g/mol. The van der Waals surface area contributed by atoms with Gasteiger partial charge in [0.05, 0.1) is 0 Å². The summed E-state index contributed by atoms with van der Waals surface area (Å²) in [5.74, 6) is 0. The predicted octanol–water partition coefficient (Wildman–Crippen LogP) is 5.97. The van der Waals surface area contributed by atoms with Gasteiger partial charge in [-0.15, -0.1) is 0 Å². The van der Waals surface area contributed by atoms with Crippen LogP contribution in [0.1, 0.15) is 29.2 Å². The fourth-order valence-corrected chi connectivity index (χ4v) is 2.81. The molecule has 0 nitrogen and oxygen atoms in total. The molecular formula is C18H16F6. The molecule has 0 atom stereocenters. The summed E-state index contributed by atoms with van der Waals surface area (Å²) in [5.41, 5.74) is -4.71. The molecule has 0 aromatic heterocycles. The van der Waals surface area contributed by atoms with Crippen LogP contribution < -0.4 is 0 Å². The minimum atomic E-state index is -5.53. The third kappa shape index (κ3) is 2.89. The Balaban J connectivity index is 2.88. The van der Waals surface area contributed by atoms with E-state index < -0.39 is 28.9 Å². The van der Waals surface area contributed by atoms with Crippen LogP contribution >= 0.6 is 0 Å². The summed E-state index contributed by atoms with van der Waals surface area (Å²) in [6.45, 7) is 3.28. The van der Waals surface area contributed by atoms with E-state index in [0.29, 0.717) is 17.5 Å². The van der Waals surface area contributed by atoms with E-state index in [0.717, 1.165) is 24.3 Å². The van der Waals surface area contributed by atoms with E-state index in [1.54, 1.807) is 13.8 Å². The molecule has 0 bridgehead atoms. The highest BCUT2D eigenvalue weighted by molar-refractivity contribution is 5.46. The van der Waals surface area contributed by atoms with Crippen molar-refractivity contribution in [2.45, 2.75) is 38.0 Å². The zero-order valence-corrected chi connectivity index (χ0v) is 13.1. The Bertz CT molecular complexity index is 681. The number of hydrogen-bond acceptors (Lipinski definition) is 0. The first-order chi connectivity index (χ1) is 11.0. The molecule has 6 heteroatoms. The summed E-state index contributed by atoms with van der Waals surface area (Å²) < 4.78 is 83.2. The highest BCUT2D eigenvalue weighted by Crippen LogP contribution is 2.56. The van der Waals surface area contributed by atoms with Crippen LogP contribution in [-0.4, -0.2) is 12.4 Å². The zero-order chi connectivity index (χ0) is 18.2. The molecule has 0 N–H and O–H groups in total. The summed E-state index contributed by atoms with van der Waals surface area (Å²) in [6, 6.07) is 8.92. The monoisotopic (exact) mass is 346 g/mol. The van der Waals surface area contributed by atoms with Gasteiger partial charge < -0.3 is 0 Å². The molecule has 0 unspecified atom stereocenters. The van der Waals surface area contributed by atoms with Gasteiger partial charge >= 0.3 is 12.4 Å². The van der Waals surface area contributed by atoms with Gasteiger partial charge in [0.1, 0.15) is 0 Å². The quantitative estimate of drug-likeness (QED) is 0.601. The second kappa shape index (κ2) is 6.15. The number of benzene rings is 2. The molecule has 0 amide bonds. The Morgan fingerprint density at radius 2 is 1.29 bits per heavy atom. The number of rotatable bonds is 3. The Kier molecular flexibility index (Phi) is 4.70. The van der Waals surface area contributed by atoms with Crippen LogP contribution in [0.4, 0.5) is 26.3 Å². The van der Waals surface area contributed by atoms with Crippen LogP contribution in [0.15, 0.2) is 48.5 Å². The van der Waals surface area contributed by atoms with Crippen molar-refractivity contribution in [1.82, 2.24) is 0 Å². The lowest BCUT2D eigenvalue weighted by molar-refractivity contribution is -0.288. The number of alkyl halides is 6. The number of halogens is 6. The van der Waals surface area contributed by atoms with Crippen LogP contribution in [0.5, 0.6) is 0 Å². The first-order valence-electron chi connectivity index (χ1n) is 7.34. The van der Waals surface area contributed by atoms with Crippen molar-refractivity contribution in [2.75, 3.05) is 0 Å². The average Bonchev–Trinajstić information content (AvgIpc) is 2.47. The van der Waals surface area contributed by atoms with Crippen LogP contribution in [0, 0.1) is 6.92 Å². The number of hydrogen-bond donors (Lipinski definition) is 0. The fraction of sp³-hybridized carbons (Fsp3) is 0.333. The van der Waals surface area contributed by atoms with Gasteiger partial charge in [-0.2, -0.15) is 26.3 Å². The van der Waals surface area contributed by atoms with Crippen LogP contribution in [0.25, 0.3) is 0 Å². The molecule has 0 radical (unpaired) electrons. The van der Waals surface area contributed by atoms with Gasteiger partial charge in [0.25, 0.3) is 0 Å². The molecular weight excluding hydrogens is 330 g/mol. The van der Waals surface area contributed by atoms with Crippen LogP contribution in [0.2, 0.25) is 0 Å². The summed E-state index contributed by atoms with van der Waals surface area (Å²) >= 11 is 0. The third-order valence-corrected chi connectivity index (χ3v) is 4.10. The van der Waals surface area contributed by atoms with Gasteiger partial charge in [0.2, 0.25) is 5.41 Å². The van der Waals surface area contributed by atoms with Gasteiger partial charge in [-0.3, -0.25) is 0 Å². The van der Waals surface area contributed by atoms with E-state index >= 15 is 0 Å². The Morgan fingerprint density at radius 3 is 1.75 bits per heavy atom. The van der Waals surface area contributed by atoms with Gasteiger partial charge in [-0.25, -0.2) is 0 Å². The van der Waals surface area contributed by atoms with Crippen molar-refractivity contribution < 1.29 is 26.3 Å². The lowest BCUT2D eigenvalue weighted by atomic mass is 9.72. The molecule has 0 aliphatic carbocycles. The fourth-order valence-electron chi connectivity index (χ4n) is 2.81. The van der Waals surface area contributed by atoms with Crippen molar-refractivity contribution in [1.29, 1.82) is 0 Å². The molecule has 0 spiro atoms. The van der Waals surface area contributed by atoms with Crippen molar-refractivity contribution in [2.24, 2.45) is 0 Å². The molecule has 0 heterocycles. The topological polar surface area (TPSA) is 0 Å². The SMILES string of the molecule is CCc1cccc(C(c2ccc(C)cc2)(C(F)(F)F)C(F)(F)F)c1. The minimum Gasteiger partial charge on any atom is -0.169 e. The first kappa shape index (κ1) is 18.4. The molecule has 0 fully saturated rings. The standard InChI is InChI=1S/C18H16F6/c1-3-13-5-4-6-15(11-13)16(17(19,20)21,18(22,23)24)14-9-7-12(2)8-10-14/h4-11H,3H2,1-2H3. The highest BCUT2D eigenvalue weighted by atomic mass is 19.4. The smallest absolute Gasteiger partial charge is 0.169 e. The third-order valence-electron chi connectivity index (χ3n) is 4.10. The molecule has 2 aromatic carbocycles.